The number of halogens is 3. The average molecular weight is 317 g/mol. The molecule has 0 radical (unpaired) electrons. The lowest BCUT2D eigenvalue weighted by molar-refractivity contribution is -0.154. The van der Waals surface area contributed by atoms with E-state index in [1.165, 1.54) is 6.92 Å². The summed E-state index contributed by atoms with van der Waals surface area (Å²) in [5, 5.41) is 2.05. The summed E-state index contributed by atoms with van der Waals surface area (Å²) in [5.74, 6) is -5.98. The van der Waals surface area contributed by atoms with Gasteiger partial charge in [-0.05, 0) is 24.5 Å². The van der Waals surface area contributed by atoms with Crippen LogP contribution in [0.15, 0.2) is 12.1 Å². The van der Waals surface area contributed by atoms with Crippen molar-refractivity contribution in [1.82, 2.24) is 0 Å². The van der Waals surface area contributed by atoms with E-state index in [1.54, 1.807) is 0 Å². The summed E-state index contributed by atoms with van der Waals surface area (Å²) in [6.45, 7) is 6.79. The maximum Gasteiger partial charge on any atom is 0.307 e. The highest BCUT2D eigenvalue weighted by Crippen LogP contribution is 2.21. The van der Waals surface area contributed by atoms with Crippen molar-refractivity contribution in [2.75, 3.05) is 5.32 Å². The Morgan fingerprint density at radius 1 is 1.18 bits per heavy atom. The Hall–Kier alpha value is -2.05. The molecule has 0 aromatic heterocycles. The zero-order chi connectivity index (χ0) is 17.1. The fraction of sp³-hybridized carbons (Fsp3) is 0.467. The second-order valence-electron chi connectivity index (χ2n) is 6.08. The Balaban J connectivity index is 2.69. The number of esters is 1. The first-order valence-electron chi connectivity index (χ1n) is 6.65. The maximum atomic E-state index is 13.4. The first kappa shape index (κ1) is 18.0. The molecule has 0 saturated heterocycles. The lowest BCUT2D eigenvalue weighted by Gasteiger charge is -2.19. The molecule has 0 heterocycles. The van der Waals surface area contributed by atoms with E-state index in [0.717, 1.165) is 6.07 Å². The van der Waals surface area contributed by atoms with Crippen LogP contribution in [0.3, 0.4) is 0 Å². The number of carbonyl (C=O) groups excluding carboxylic acids is 2. The Morgan fingerprint density at radius 3 is 2.32 bits per heavy atom. The van der Waals surface area contributed by atoms with Crippen LogP contribution in [0.25, 0.3) is 0 Å². The molecular formula is C15H18F3NO3. The molecular weight excluding hydrogens is 299 g/mol. The van der Waals surface area contributed by atoms with Crippen LogP contribution in [-0.2, 0) is 14.3 Å². The van der Waals surface area contributed by atoms with Gasteiger partial charge in [-0.1, -0.05) is 20.8 Å². The van der Waals surface area contributed by atoms with Gasteiger partial charge >= 0.3 is 5.97 Å². The van der Waals surface area contributed by atoms with Crippen LogP contribution in [0.2, 0.25) is 0 Å². The maximum absolute atomic E-state index is 13.4. The van der Waals surface area contributed by atoms with E-state index in [0.29, 0.717) is 6.07 Å². The van der Waals surface area contributed by atoms with Gasteiger partial charge in [-0.3, -0.25) is 9.59 Å². The molecule has 1 amide bonds. The summed E-state index contributed by atoms with van der Waals surface area (Å²) < 4.78 is 44.2. The highest BCUT2D eigenvalue weighted by Gasteiger charge is 2.23. The molecule has 0 aliphatic heterocycles. The smallest absolute Gasteiger partial charge is 0.307 e. The lowest BCUT2D eigenvalue weighted by Crippen LogP contribution is -2.31. The van der Waals surface area contributed by atoms with Gasteiger partial charge in [-0.25, -0.2) is 13.2 Å². The number of carbonyl (C=O) groups is 2. The Labute approximate surface area is 126 Å². The molecule has 4 nitrogen and oxygen atoms in total. The number of anilines is 1. The highest BCUT2D eigenvalue weighted by atomic mass is 19.2. The topological polar surface area (TPSA) is 55.4 Å². The Morgan fingerprint density at radius 2 is 1.77 bits per heavy atom. The Bertz CT molecular complexity index is 582. The van der Waals surface area contributed by atoms with Gasteiger partial charge in [0.15, 0.2) is 23.6 Å². The fourth-order valence-corrected chi connectivity index (χ4v) is 1.58. The molecule has 0 unspecified atom stereocenters. The molecule has 0 aliphatic carbocycles. The van der Waals surface area contributed by atoms with Gasteiger partial charge in [0.25, 0.3) is 5.91 Å². The van der Waals surface area contributed by atoms with Crippen molar-refractivity contribution in [3.8, 4) is 0 Å². The third-order valence-electron chi connectivity index (χ3n) is 2.65. The molecule has 7 heteroatoms. The molecule has 0 spiro atoms. The molecule has 0 aliphatic rings. The van der Waals surface area contributed by atoms with Crippen LogP contribution in [-0.4, -0.2) is 18.0 Å². The van der Waals surface area contributed by atoms with E-state index in [9.17, 15) is 22.8 Å². The SMILES string of the molecule is C[C@@H](OC(=O)CC(C)(C)C)C(=O)Nc1ccc(F)c(F)c1F. The number of hydrogen-bond donors (Lipinski definition) is 1. The van der Waals surface area contributed by atoms with Crippen LogP contribution < -0.4 is 5.32 Å². The summed E-state index contributed by atoms with van der Waals surface area (Å²) in [7, 11) is 0. The van der Waals surface area contributed by atoms with E-state index in [2.05, 4.69) is 0 Å². The van der Waals surface area contributed by atoms with Gasteiger partial charge in [0, 0.05) is 0 Å². The molecule has 1 aromatic carbocycles. The van der Waals surface area contributed by atoms with Crippen molar-refractivity contribution in [2.45, 2.75) is 40.2 Å². The zero-order valence-corrected chi connectivity index (χ0v) is 12.8. The second-order valence-corrected chi connectivity index (χ2v) is 6.08. The van der Waals surface area contributed by atoms with Crippen molar-refractivity contribution >= 4 is 17.6 Å². The summed E-state index contributed by atoms with van der Waals surface area (Å²) in [6.07, 6.45) is -1.09. The van der Waals surface area contributed by atoms with Crippen molar-refractivity contribution in [3.05, 3.63) is 29.6 Å². The molecule has 1 atom stereocenters. The third-order valence-corrected chi connectivity index (χ3v) is 2.65. The minimum absolute atomic E-state index is 0.101. The number of amides is 1. The third kappa shape index (κ3) is 5.05. The van der Waals surface area contributed by atoms with Gasteiger partial charge in [0.1, 0.15) is 0 Å². The molecule has 122 valence electrons. The van der Waals surface area contributed by atoms with Gasteiger partial charge in [-0.2, -0.15) is 0 Å². The van der Waals surface area contributed by atoms with E-state index in [1.807, 2.05) is 26.1 Å². The first-order valence-corrected chi connectivity index (χ1v) is 6.65. The number of ether oxygens (including phenoxy) is 1. The normalized spacial score (nSPS) is 12.7. The zero-order valence-electron chi connectivity index (χ0n) is 12.8. The molecule has 0 fully saturated rings. The number of rotatable bonds is 4. The molecule has 22 heavy (non-hydrogen) atoms. The van der Waals surface area contributed by atoms with Gasteiger partial charge in [0.05, 0.1) is 12.1 Å². The van der Waals surface area contributed by atoms with Crippen LogP contribution in [0.1, 0.15) is 34.1 Å². The standard InChI is InChI=1S/C15H18F3NO3/c1-8(22-11(20)7-15(2,3)4)14(21)19-10-6-5-9(16)12(17)13(10)18/h5-6,8H,7H2,1-4H3,(H,19,21)/t8-/m1/s1. The fourth-order valence-electron chi connectivity index (χ4n) is 1.58. The highest BCUT2D eigenvalue weighted by molar-refractivity contribution is 5.95. The second kappa shape index (κ2) is 6.81. The van der Waals surface area contributed by atoms with Crippen molar-refractivity contribution in [1.29, 1.82) is 0 Å². The minimum atomic E-state index is -1.69. The summed E-state index contributed by atoms with van der Waals surface area (Å²) in [4.78, 5) is 23.4. The Kier molecular flexibility index (Phi) is 5.57. The summed E-state index contributed by atoms with van der Waals surface area (Å²) in [5.41, 5.74) is -0.831. The molecule has 1 rings (SSSR count). The number of nitrogens with one attached hydrogen (secondary N) is 1. The molecule has 1 N–H and O–H groups in total. The molecule has 1 aromatic rings. The van der Waals surface area contributed by atoms with Crippen LogP contribution in [0, 0.1) is 22.9 Å². The van der Waals surface area contributed by atoms with Crippen LogP contribution >= 0.6 is 0 Å². The minimum Gasteiger partial charge on any atom is -0.453 e. The van der Waals surface area contributed by atoms with Crippen LogP contribution in [0.5, 0.6) is 0 Å². The molecule has 0 bridgehead atoms. The van der Waals surface area contributed by atoms with Crippen molar-refractivity contribution in [2.24, 2.45) is 5.41 Å². The largest absolute Gasteiger partial charge is 0.453 e. The monoisotopic (exact) mass is 317 g/mol. The first-order chi connectivity index (χ1) is 10.0. The predicted molar refractivity (Wildman–Crippen MR) is 74.6 cm³/mol. The van der Waals surface area contributed by atoms with Crippen molar-refractivity contribution < 1.29 is 27.5 Å². The lowest BCUT2D eigenvalue weighted by atomic mass is 9.92. The predicted octanol–water partition coefficient (Wildman–Crippen LogP) is 3.41. The van der Waals surface area contributed by atoms with E-state index in [-0.39, 0.29) is 11.8 Å². The van der Waals surface area contributed by atoms with Gasteiger partial charge in [-0.15, -0.1) is 0 Å². The quantitative estimate of drug-likeness (QED) is 0.684. The number of benzene rings is 1. The van der Waals surface area contributed by atoms with Crippen molar-refractivity contribution in [3.63, 3.8) is 0 Å². The summed E-state index contributed by atoms with van der Waals surface area (Å²) in [6, 6.07) is 1.57. The van der Waals surface area contributed by atoms with Gasteiger partial charge < -0.3 is 10.1 Å². The summed E-state index contributed by atoms with van der Waals surface area (Å²) >= 11 is 0. The molecule has 0 saturated carbocycles. The van der Waals surface area contributed by atoms with Crippen LogP contribution in [0.4, 0.5) is 18.9 Å². The van der Waals surface area contributed by atoms with E-state index in [4.69, 9.17) is 4.74 Å². The van der Waals surface area contributed by atoms with E-state index >= 15 is 0 Å². The van der Waals surface area contributed by atoms with Gasteiger partial charge in [0.2, 0.25) is 0 Å². The number of hydrogen-bond acceptors (Lipinski definition) is 3. The average Bonchev–Trinajstić information content (AvgIpc) is 2.37. The van der Waals surface area contributed by atoms with E-state index < -0.39 is 41.1 Å².